The van der Waals surface area contributed by atoms with E-state index >= 15 is 0 Å². The van der Waals surface area contributed by atoms with Crippen molar-refractivity contribution in [3.63, 3.8) is 0 Å². The van der Waals surface area contributed by atoms with E-state index in [9.17, 15) is 13.2 Å². The van der Waals surface area contributed by atoms with Crippen molar-refractivity contribution in [2.24, 2.45) is 4.99 Å². The molecule has 6 nitrogen and oxygen atoms in total. The zero-order valence-electron chi connectivity index (χ0n) is 16.3. The summed E-state index contributed by atoms with van der Waals surface area (Å²) in [6, 6.07) is 5.65. The second-order valence-corrected chi connectivity index (χ2v) is 7.05. The fourth-order valence-electron chi connectivity index (χ4n) is 3.40. The van der Waals surface area contributed by atoms with Crippen LogP contribution in [0.15, 0.2) is 33.8 Å². The SMILES string of the molecule is CN=C(NCCc1nc(C)no1)NCC1(c2cccc(C(F)(F)F)c2)CCC1.I. The molecule has 0 atom stereocenters. The third-order valence-corrected chi connectivity index (χ3v) is 5.13. The Bertz CT molecular complexity index is 833. The molecule has 2 aromatic rings. The number of hydrogen-bond acceptors (Lipinski definition) is 4. The van der Waals surface area contributed by atoms with Gasteiger partial charge in [-0.25, -0.2) is 0 Å². The predicted octanol–water partition coefficient (Wildman–Crippen LogP) is 3.84. The molecule has 1 aliphatic carbocycles. The van der Waals surface area contributed by atoms with Crippen LogP contribution in [-0.4, -0.2) is 36.2 Å². The normalized spacial score (nSPS) is 16.0. The van der Waals surface area contributed by atoms with Gasteiger partial charge in [-0.15, -0.1) is 24.0 Å². The highest BCUT2D eigenvalue weighted by atomic mass is 127. The molecule has 1 heterocycles. The van der Waals surface area contributed by atoms with Gasteiger partial charge in [0.2, 0.25) is 5.89 Å². The Balaban J connectivity index is 0.00000300. The van der Waals surface area contributed by atoms with Crippen LogP contribution in [0.1, 0.15) is 42.1 Å². The van der Waals surface area contributed by atoms with Crippen LogP contribution in [-0.2, 0) is 18.0 Å². The Morgan fingerprint density at radius 1 is 1.28 bits per heavy atom. The molecular weight excluding hydrogens is 498 g/mol. The van der Waals surface area contributed by atoms with E-state index in [1.807, 2.05) is 0 Å². The Morgan fingerprint density at radius 2 is 2.03 bits per heavy atom. The quantitative estimate of drug-likeness (QED) is 0.342. The molecule has 1 aromatic heterocycles. The molecule has 0 bridgehead atoms. The third-order valence-electron chi connectivity index (χ3n) is 5.13. The number of alkyl halides is 3. The van der Waals surface area contributed by atoms with Gasteiger partial charge in [-0.05, 0) is 31.4 Å². The molecule has 1 fully saturated rings. The molecule has 29 heavy (non-hydrogen) atoms. The van der Waals surface area contributed by atoms with Crippen molar-refractivity contribution in [1.29, 1.82) is 0 Å². The summed E-state index contributed by atoms with van der Waals surface area (Å²) in [6.07, 6.45) is -1.08. The molecule has 0 unspecified atom stereocenters. The largest absolute Gasteiger partial charge is 0.416 e. The summed E-state index contributed by atoms with van der Waals surface area (Å²) >= 11 is 0. The first-order valence-electron chi connectivity index (χ1n) is 9.24. The first kappa shape index (κ1) is 23.4. The van der Waals surface area contributed by atoms with E-state index in [0.717, 1.165) is 30.9 Å². The summed E-state index contributed by atoms with van der Waals surface area (Å²) in [5.41, 5.74) is -0.186. The van der Waals surface area contributed by atoms with Crippen molar-refractivity contribution in [3.8, 4) is 0 Å². The highest BCUT2D eigenvalue weighted by Gasteiger charge is 2.40. The third kappa shape index (κ3) is 5.83. The molecule has 0 spiro atoms. The van der Waals surface area contributed by atoms with Crippen molar-refractivity contribution in [2.75, 3.05) is 20.1 Å². The smallest absolute Gasteiger partial charge is 0.356 e. The van der Waals surface area contributed by atoms with E-state index in [4.69, 9.17) is 4.52 Å². The molecule has 10 heteroatoms. The molecule has 2 N–H and O–H groups in total. The van der Waals surface area contributed by atoms with Crippen LogP contribution in [0, 0.1) is 6.92 Å². The second-order valence-electron chi connectivity index (χ2n) is 7.05. The molecule has 0 radical (unpaired) electrons. The van der Waals surface area contributed by atoms with Crippen molar-refractivity contribution in [3.05, 3.63) is 47.1 Å². The second kappa shape index (κ2) is 9.77. The highest BCUT2D eigenvalue weighted by molar-refractivity contribution is 14.0. The van der Waals surface area contributed by atoms with E-state index in [2.05, 4.69) is 25.8 Å². The Kier molecular flexibility index (Phi) is 7.89. The van der Waals surface area contributed by atoms with Gasteiger partial charge in [0.05, 0.1) is 5.56 Å². The number of aliphatic imine (C=N–C) groups is 1. The fourth-order valence-corrected chi connectivity index (χ4v) is 3.40. The zero-order valence-corrected chi connectivity index (χ0v) is 18.7. The predicted molar refractivity (Wildman–Crippen MR) is 114 cm³/mol. The van der Waals surface area contributed by atoms with Gasteiger partial charge < -0.3 is 15.2 Å². The lowest BCUT2D eigenvalue weighted by Gasteiger charge is -2.43. The average molecular weight is 523 g/mol. The van der Waals surface area contributed by atoms with Gasteiger partial charge in [-0.1, -0.05) is 29.8 Å². The van der Waals surface area contributed by atoms with Crippen LogP contribution in [0.4, 0.5) is 13.2 Å². The minimum Gasteiger partial charge on any atom is -0.356 e. The minimum atomic E-state index is -4.33. The Labute approximate surface area is 184 Å². The lowest BCUT2D eigenvalue weighted by atomic mass is 9.64. The Hall–Kier alpha value is -1.85. The number of nitrogens with zero attached hydrogens (tertiary/aromatic N) is 3. The maximum Gasteiger partial charge on any atom is 0.416 e. The van der Waals surface area contributed by atoms with Crippen LogP contribution < -0.4 is 10.6 Å². The lowest BCUT2D eigenvalue weighted by molar-refractivity contribution is -0.137. The number of aromatic nitrogens is 2. The molecule has 0 aliphatic heterocycles. The molecular formula is C19H25F3IN5O. The van der Waals surface area contributed by atoms with Crippen molar-refractivity contribution >= 4 is 29.9 Å². The fraction of sp³-hybridized carbons (Fsp3) is 0.526. The van der Waals surface area contributed by atoms with Gasteiger partial charge in [0.1, 0.15) is 0 Å². The van der Waals surface area contributed by atoms with Crippen LogP contribution in [0.25, 0.3) is 0 Å². The first-order valence-corrected chi connectivity index (χ1v) is 9.24. The van der Waals surface area contributed by atoms with Crippen molar-refractivity contribution in [2.45, 2.75) is 44.2 Å². The highest BCUT2D eigenvalue weighted by Crippen LogP contribution is 2.44. The van der Waals surface area contributed by atoms with Crippen LogP contribution >= 0.6 is 24.0 Å². The number of rotatable bonds is 6. The van der Waals surface area contributed by atoms with E-state index in [1.54, 1.807) is 20.0 Å². The first-order chi connectivity index (χ1) is 13.3. The monoisotopic (exact) mass is 523 g/mol. The number of nitrogens with one attached hydrogen (secondary N) is 2. The Morgan fingerprint density at radius 3 is 2.59 bits per heavy atom. The number of halogens is 4. The van der Waals surface area contributed by atoms with Gasteiger partial charge in [0, 0.05) is 32.0 Å². The van der Waals surface area contributed by atoms with Crippen LogP contribution in [0.3, 0.4) is 0 Å². The number of guanidine groups is 1. The summed E-state index contributed by atoms with van der Waals surface area (Å²) < 4.78 is 44.3. The maximum absolute atomic E-state index is 13.1. The molecule has 3 rings (SSSR count). The lowest BCUT2D eigenvalue weighted by Crippen LogP contribution is -2.49. The zero-order chi connectivity index (χ0) is 20.2. The summed E-state index contributed by atoms with van der Waals surface area (Å²) in [6.45, 7) is 2.83. The standard InChI is InChI=1S/C19H24F3N5O.HI/c1-13-26-16(28-27-13)7-10-24-17(23-2)25-12-18(8-4-9-18)14-5-3-6-15(11-14)19(20,21)22;/h3,5-6,11H,4,7-10,12H2,1-2H3,(H2,23,24,25);1H. The van der Waals surface area contributed by atoms with E-state index < -0.39 is 11.7 Å². The van der Waals surface area contributed by atoms with Gasteiger partial charge >= 0.3 is 6.18 Å². The van der Waals surface area contributed by atoms with E-state index in [-0.39, 0.29) is 29.4 Å². The molecule has 0 amide bonds. The number of aryl methyl sites for hydroxylation is 1. The van der Waals surface area contributed by atoms with Gasteiger partial charge in [0.25, 0.3) is 0 Å². The number of benzene rings is 1. The van der Waals surface area contributed by atoms with Crippen molar-refractivity contribution in [1.82, 2.24) is 20.8 Å². The summed E-state index contributed by atoms with van der Waals surface area (Å²) in [5.74, 6) is 1.72. The van der Waals surface area contributed by atoms with Gasteiger partial charge in [0.15, 0.2) is 11.8 Å². The summed E-state index contributed by atoms with van der Waals surface area (Å²) in [5, 5.41) is 10.2. The van der Waals surface area contributed by atoms with E-state index in [0.29, 0.717) is 37.2 Å². The summed E-state index contributed by atoms with van der Waals surface area (Å²) in [7, 11) is 1.66. The molecule has 1 aromatic carbocycles. The van der Waals surface area contributed by atoms with Gasteiger partial charge in [-0.2, -0.15) is 18.2 Å². The topological polar surface area (TPSA) is 75.3 Å². The average Bonchev–Trinajstić information content (AvgIpc) is 3.04. The molecule has 1 saturated carbocycles. The summed E-state index contributed by atoms with van der Waals surface area (Å²) in [4.78, 5) is 8.32. The number of hydrogen-bond donors (Lipinski definition) is 2. The van der Waals surface area contributed by atoms with Crippen molar-refractivity contribution < 1.29 is 17.7 Å². The molecule has 1 aliphatic rings. The van der Waals surface area contributed by atoms with Crippen LogP contribution in [0.2, 0.25) is 0 Å². The maximum atomic E-state index is 13.1. The van der Waals surface area contributed by atoms with Crippen LogP contribution in [0.5, 0.6) is 0 Å². The molecule has 0 saturated heterocycles. The van der Waals surface area contributed by atoms with E-state index in [1.165, 1.54) is 12.1 Å². The molecule has 160 valence electrons. The van der Waals surface area contributed by atoms with Gasteiger partial charge in [-0.3, -0.25) is 4.99 Å². The minimum absolute atomic E-state index is 0.